The minimum atomic E-state index is 0.119. The molecule has 0 spiro atoms. The molecule has 0 radical (unpaired) electrons. The smallest absolute Gasteiger partial charge is 0.138 e. The van der Waals surface area contributed by atoms with Crippen LogP contribution in [0.3, 0.4) is 0 Å². The van der Waals surface area contributed by atoms with Crippen molar-refractivity contribution in [3.05, 3.63) is 47.1 Å². The van der Waals surface area contributed by atoms with Crippen LogP contribution in [0.1, 0.15) is 5.56 Å². The Hall–Kier alpha value is -1.58. The van der Waals surface area contributed by atoms with Crippen molar-refractivity contribution in [2.24, 2.45) is 5.73 Å². The Morgan fingerprint density at radius 3 is 2.81 bits per heavy atom. The van der Waals surface area contributed by atoms with Crippen LogP contribution in [0.15, 0.2) is 36.5 Å². The molecule has 3 nitrogen and oxygen atoms in total. The van der Waals surface area contributed by atoms with Gasteiger partial charge in [0.2, 0.25) is 0 Å². The van der Waals surface area contributed by atoms with Crippen LogP contribution in [0, 0.1) is 0 Å². The highest BCUT2D eigenvalue weighted by atomic mass is 35.5. The van der Waals surface area contributed by atoms with E-state index in [2.05, 4.69) is 4.98 Å². The van der Waals surface area contributed by atoms with Gasteiger partial charge < -0.3 is 10.8 Å². The van der Waals surface area contributed by atoms with E-state index in [1.807, 2.05) is 18.2 Å². The fourth-order valence-corrected chi connectivity index (χ4v) is 1.65. The molecule has 0 fully saturated rings. The normalized spacial score (nSPS) is 10.4. The second-order valence-corrected chi connectivity index (χ2v) is 3.85. The van der Waals surface area contributed by atoms with Crippen LogP contribution in [-0.4, -0.2) is 10.1 Å². The van der Waals surface area contributed by atoms with Crippen molar-refractivity contribution in [2.75, 3.05) is 0 Å². The summed E-state index contributed by atoms with van der Waals surface area (Å²) in [4.78, 5) is 4.13. The summed E-state index contributed by atoms with van der Waals surface area (Å²) in [5.41, 5.74) is 7.84. The molecule has 1 heterocycles. The highest BCUT2D eigenvalue weighted by molar-refractivity contribution is 6.30. The van der Waals surface area contributed by atoms with Crippen molar-refractivity contribution < 1.29 is 5.11 Å². The summed E-state index contributed by atoms with van der Waals surface area (Å²) < 4.78 is 0. The van der Waals surface area contributed by atoms with Crippen LogP contribution in [0.4, 0.5) is 0 Å². The summed E-state index contributed by atoms with van der Waals surface area (Å²) in [5, 5.41) is 10.1. The molecular weight excluding hydrogens is 224 g/mol. The molecule has 0 amide bonds. The van der Waals surface area contributed by atoms with Crippen molar-refractivity contribution in [3.8, 4) is 17.0 Å². The lowest BCUT2D eigenvalue weighted by Crippen LogP contribution is -1.98. The first-order chi connectivity index (χ1) is 7.70. The average Bonchev–Trinajstić information content (AvgIpc) is 2.29. The molecule has 0 aliphatic rings. The van der Waals surface area contributed by atoms with E-state index in [1.165, 1.54) is 6.20 Å². The molecule has 4 heteroatoms. The number of pyridine rings is 1. The minimum Gasteiger partial charge on any atom is -0.506 e. The molecule has 2 aromatic rings. The largest absolute Gasteiger partial charge is 0.506 e. The van der Waals surface area contributed by atoms with E-state index in [-0.39, 0.29) is 12.3 Å². The maximum atomic E-state index is 9.47. The first-order valence-corrected chi connectivity index (χ1v) is 5.22. The van der Waals surface area contributed by atoms with E-state index < -0.39 is 0 Å². The number of halogens is 1. The topological polar surface area (TPSA) is 59.1 Å². The molecule has 2 rings (SSSR count). The molecule has 0 atom stereocenters. The van der Waals surface area contributed by atoms with Gasteiger partial charge in [-0.25, -0.2) is 0 Å². The van der Waals surface area contributed by atoms with Gasteiger partial charge in [-0.3, -0.25) is 4.98 Å². The molecule has 1 aromatic carbocycles. The standard InChI is InChI=1S/C12H11ClN2O/c13-10-3-1-2-8(4-10)11-5-9(6-14)12(16)7-15-11/h1-5,7,16H,6,14H2. The third-order valence-corrected chi connectivity index (χ3v) is 2.54. The first-order valence-electron chi connectivity index (χ1n) is 4.84. The molecular formula is C12H11ClN2O. The Bertz CT molecular complexity index is 514. The predicted octanol–water partition coefficient (Wildman–Crippen LogP) is 2.57. The van der Waals surface area contributed by atoms with Gasteiger partial charge >= 0.3 is 0 Å². The van der Waals surface area contributed by atoms with Gasteiger partial charge in [0.25, 0.3) is 0 Å². The van der Waals surface area contributed by atoms with Gasteiger partial charge in [0.05, 0.1) is 11.9 Å². The van der Waals surface area contributed by atoms with E-state index in [0.717, 1.165) is 11.3 Å². The van der Waals surface area contributed by atoms with Gasteiger partial charge in [-0.15, -0.1) is 0 Å². The highest BCUT2D eigenvalue weighted by Crippen LogP contribution is 2.24. The number of rotatable bonds is 2. The molecule has 0 bridgehead atoms. The van der Waals surface area contributed by atoms with Gasteiger partial charge in [0.15, 0.2) is 0 Å². The van der Waals surface area contributed by atoms with E-state index in [1.54, 1.807) is 12.1 Å². The molecule has 0 saturated heterocycles. The third-order valence-electron chi connectivity index (χ3n) is 2.31. The average molecular weight is 235 g/mol. The number of aromatic nitrogens is 1. The Morgan fingerprint density at radius 1 is 1.31 bits per heavy atom. The highest BCUT2D eigenvalue weighted by Gasteiger charge is 2.04. The van der Waals surface area contributed by atoms with Gasteiger partial charge in [-0.1, -0.05) is 23.7 Å². The Kier molecular flexibility index (Phi) is 3.08. The molecule has 0 saturated carbocycles. The molecule has 0 unspecified atom stereocenters. The van der Waals surface area contributed by atoms with E-state index in [9.17, 15) is 5.11 Å². The van der Waals surface area contributed by atoms with Gasteiger partial charge in [-0.05, 0) is 18.2 Å². The number of hydrogen-bond acceptors (Lipinski definition) is 3. The van der Waals surface area contributed by atoms with Crippen LogP contribution in [-0.2, 0) is 6.54 Å². The van der Waals surface area contributed by atoms with Crippen LogP contribution >= 0.6 is 11.6 Å². The maximum absolute atomic E-state index is 9.47. The van der Waals surface area contributed by atoms with Crippen LogP contribution in [0.5, 0.6) is 5.75 Å². The Balaban J connectivity index is 2.48. The number of benzene rings is 1. The lowest BCUT2D eigenvalue weighted by Gasteiger charge is -2.05. The van der Waals surface area contributed by atoms with E-state index in [4.69, 9.17) is 17.3 Å². The fourth-order valence-electron chi connectivity index (χ4n) is 1.46. The van der Waals surface area contributed by atoms with Crippen molar-refractivity contribution in [2.45, 2.75) is 6.54 Å². The van der Waals surface area contributed by atoms with Crippen molar-refractivity contribution in [3.63, 3.8) is 0 Å². The van der Waals surface area contributed by atoms with Crippen molar-refractivity contribution in [1.82, 2.24) is 4.98 Å². The summed E-state index contributed by atoms with van der Waals surface area (Å²) in [5.74, 6) is 0.119. The molecule has 1 aromatic heterocycles. The second-order valence-electron chi connectivity index (χ2n) is 3.41. The molecule has 16 heavy (non-hydrogen) atoms. The Labute approximate surface area is 98.5 Å². The number of hydrogen-bond donors (Lipinski definition) is 2. The van der Waals surface area contributed by atoms with Crippen LogP contribution in [0.2, 0.25) is 5.02 Å². The SMILES string of the molecule is NCc1cc(-c2cccc(Cl)c2)ncc1O. The summed E-state index contributed by atoms with van der Waals surface area (Å²) >= 11 is 5.90. The van der Waals surface area contributed by atoms with E-state index >= 15 is 0 Å². The van der Waals surface area contributed by atoms with Crippen LogP contribution < -0.4 is 5.73 Å². The molecule has 3 N–H and O–H groups in total. The lowest BCUT2D eigenvalue weighted by atomic mass is 10.1. The zero-order valence-electron chi connectivity index (χ0n) is 8.52. The monoisotopic (exact) mass is 234 g/mol. The fraction of sp³-hybridized carbons (Fsp3) is 0.0833. The number of nitrogens with zero attached hydrogens (tertiary/aromatic N) is 1. The van der Waals surface area contributed by atoms with E-state index in [0.29, 0.717) is 10.6 Å². The molecule has 82 valence electrons. The summed E-state index contributed by atoms with van der Waals surface area (Å²) in [6.45, 7) is 0.280. The van der Waals surface area contributed by atoms with Gasteiger partial charge in [-0.2, -0.15) is 0 Å². The van der Waals surface area contributed by atoms with Crippen molar-refractivity contribution >= 4 is 11.6 Å². The second kappa shape index (κ2) is 4.51. The first kappa shape index (κ1) is 10.9. The zero-order valence-corrected chi connectivity index (χ0v) is 9.28. The van der Waals surface area contributed by atoms with Crippen LogP contribution in [0.25, 0.3) is 11.3 Å². The maximum Gasteiger partial charge on any atom is 0.138 e. The quantitative estimate of drug-likeness (QED) is 0.840. The lowest BCUT2D eigenvalue weighted by molar-refractivity contribution is 0.466. The summed E-state index contributed by atoms with van der Waals surface area (Å²) in [6, 6.07) is 9.15. The van der Waals surface area contributed by atoms with Crippen molar-refractivity contribution in [1.29, 1.82) is 0 Å². The molecule has 0 aliphatic carbocycles. The summed E-state index contributed by atoms with van der Waals surface area (Å²) in [6.07, 6.45) is 1.40. The molecule has 0 aliphatic heterocycles. The number of aromatic hydroxyl groups is 1. The van der Waals surface area contributed by atoms with Gasteiger partial charge in [0.1, 0.15) is 5.75 Å². The summed E-state index contributed by atoms with van der Waals surface area (Å²) in [7, 11) is 0. The Morgan fingerprint density at radius 2 is 2.12 bits per heavy atom. The van der Waals surface area contributed by atoms with Gasteiger partial charge in [0, 0.05) is 22.7 Å². The predicted molar refractivity (Wildman–Crippen MR) is 64.2 cm³/mol. The third kappa shape index (κ3) is 2.15. The number of nitrogens with two attached hydrogens (primary N) is 1. The minimum absolute atomic E-state index is 0.119. The zero-order chi connectivity index (χ0) is 11.5.